The number of hydrogen-bond acceptors (Lipinski definition) is 6. The van der Waals surface area contributed by atoms with Crippen molar-refractivity contribution in [1.29, 1.82) is 5.26 Å². The lowest BCUT2D eigenvalue weighted by Crippen LogP contribution is -2.44. The van der Waals surface area contributed by atoms with E-state index in [1.165, 1.54) is 0 Å². The molecule has 0 bridgehead atoms. The number of nitriles is 1. The first kappa shape index (κ1) is 27.1. The predicted molar refractivity (Wildman–Crippen MR) is 153 cm³/mol. The number of rotatable bonds is 7. The van der Waals surface area contributed by atoms with Crippen molar-refractivity contribution >= 4 is 11.6 Å². The Morgan fingerprint density at radius 2 is 2.10 bits per heavy atom. The normalized spacial score (nSPS) is 24.7. The summed E-state index contributed by atoms with van der Waals surface area (Å²) in [5.74, 6) is 0.653. The Kier molecular flexibility index (Phi) is 6.86. The third kappa shape index (κ3) is 4.68. The molecule has 2 fully saturated rings. The smallest absolute Gasteiger partial charge is 0.252 e. The Morgan fingerprint density at radius 3 is 2.78 bits per heavy atom. The fourth-order valence-electron chi connectivity index (χ4n) is 6.89. The maximum Gasteiger partial charge on any atom is 0.252 e. The number of amides is 1. The summed E-state index contributed by atoms with van der Waals surface area (Å²) in [7, 11) is 1.95. The van der Waals surface area contributed by atoms with Crippen LogP contribution in [0.2, 0.25) is 0 Å². The van der Waals surface area contributed by atoms with Gasteiger partial charge in [0.25, 0.3) is 5.91 Å². The number of hydrogen-bond donors (Lipinski definition) is 1. The number of likely N-dealkylation sites (tertiary alicyclic amines) is 1. The number of nitrogens with zero attached hydrogens (tertiary/aromatic N) is 7. The van der Waals surface area contributed by atoms with Crippen LogP contribution in [0, 0.1) is 30.1 Å². The largest absolute Gasteiger partial charge is 0.365 e. The van der Waals surface area contributed by atoms with Gasteiger partial charge in [-0.1, -0.05) is 25.1 Å². The third-order valence-electron chi connectivity index (χ3n) is 9.05. The van der Waals surface area contributed by atoms with Crippen LogP contribution in [0.1, 0.15) is 65.6 Å². The molecule has 2 aliphatic rings. The first-order valence-electron chi connectivity index (χ1n) is 14.2. The quantitative estimate of drug-likeness (QED) is 0.363. The lowest BCUT2D eigenvalue weighted by Gasteiger charge is -2.46. The van der Waals surface area contributed by atoms with E-state index in [2.05, 4.69) is 33.3 Å². The van der Waals surface area contributed by atoms with Crippen LogP contribution in [-0.4, -0.2) is 54.2 Å². The molecule has 2 N–H and O–H groups in total. The Hall–Kier alpha value is -4.10. The second-order valence-electron chi connectivity index (χ2n) is 11.9. The lowest BCUT2D eigenvalue weighted by molar-refractivity contribution is 0.0925. The standard InChI is InChI=1S/C31H35FN8O/c1-19-15-39(10-8-26(19)32)16-22-11-25(28(34)41)29-36-27(20(2)40(29)17-22)23-5-4-6-24(12-23)31(13-21(14-31)7-9-33)30-37-35-18-38(30)3/h4-6,11-12,17-19,21,26H,7-8,10,13-16H2,1-3H3,(H2,34,41)/t19-,21?,26+,31?/m1/s1. The molecule has 41 heavy (non-hydrogen) atoms. The van der Waals surface area contributed by atoms with Crippen LogP contribution in [0.5, 0.6) is 0 Å². The molecule has 212 valence electrons. The molecular formula is C31H35FN8O. The van der Waals surface area contributed by atoms with Crippen molar-refractivity contribution in [3.8, 4) is 17.3 Å². The fourth-order valence-corrected chi connectivity index (χ4v) is 6.89. The van der Waals surface area contributed by atoms with E-state index in [1.54, 1.807) is 6.33 Å². The van der Waals surface area contributed by atoms with Crippen LogP contribution < -0.4 is 5.73 Å². The SMILES string of the molecule is Cc1c(-c2cccc(C3(c4nncn4C)CC(CC#N)C3)c2)nc2c(C(N)=O)cc(CN3CC[C@H](F)[C@H](C)C3)cn12. The molecular weight excluding hydrogens is 519 g/mol. The van der Waals surface area contributed by atoms with E-state index in [0.717, 1.165) is 46.7 Å². The molecule has 1 aliphatic carbocycles. The molecule has 0 unspecified atom stereocenters. The molecule has 3 aromatic heterocycles. The molecule has 0 radical (unpaired) electrons. The van der Waals surface area contributed by atoms with Crippen molar-refractivity contribution in [3.63, 3.8) is 0 Å². The monoisotopic (exact) mass is 554 g/mol. The van der Waals surface area contributed by atoms with Gasteiger partial charge >= 0.3 is 0 Å². The van der Waals surface area contributed by atoms with E-state index in [0.29, 0.717) is 49.6 Å². The number of fused-ring (bicyclic) bond motifs is 1. The number of halogens is 1. The van der Waals surface area contributed by atoms with E-state index in [-0.39, 0.29) is 11.3 Å². The summed E-state index contributed by atoms with van der Waals surface area (Å²) in [5, 5.41) is 17.9. The first-order valence-corrected chi connectivity index (χ1v) is 14.2. The Morgan fingerprint density at radius 1 is 1.29 bits per heavy atom. The number of carbonyl (C=O) groups excluding carboxylic acids is 1. The highest BCUT2D eigenvalue weighted by Gasteiger charge is 2.49. The molecule has 9 nitrogen and oxygen atoms in total. The van der Waals surface area contributed by atoms with Gasteiger partial charge in [0.2, 0.25) is 0 Å². The van der Waals surface area contributed by atoms with Crippen LogP contribution >= 0.6 is 0 Å². The van der Waals surface area contributed by atoms with Gasteiger partial charge in [0.05, 0.1) is 22.7 Å². The minimum atomic E-state index is -0.769. The van der Waals surface area contributed by atoms with Crippen LogP contribution in [0.25, 0.3) is 16.9 Å². The lowest BCUT2D eigenvalue weighted by atomic mass is 9.57. The van der Waals surface area contributed by atoms with Crippen molar-refractivity contribution in [1.82, 2.24) is 29.0 Å². The molecule has 1 saturated carbocycles. The maximum absolute atomic E-state index is 14.0. The number of pyridine rings is 1. The van der Waals surface area contributed by atoms with Gasteiger partial charge in [-0.25, -0.2) is 9.37 Å². The third-order valence-corrected chi connectivity index (χ3v) is 9.05. The Bertz CT molecular complexity index is 1660. The van der Waals surface area contributed by atoms with Gasteiger partial charge < -0.3 is 14.7 Å². The van der Waals surface area contributed by atoms with Crippen LogP contribution in [-0.2, 0) is 19.0 Å². The van der Waals surface area contributed by atoms with Gasteiger partial charge in [-0.3, -0.25) is 9.69 Å². The molecule has 6 rings (SSSR count). The van der Waals surface area contributed by atoms with E-state index in [9.17, 15) is 14.4 Å². The van der Waals surface area contributed by atoms with Gasteiger partial charge in [0, 0.05) is 56.5 Å². The zero-order valence-electron chi connectivity index (χ0n) is 23.7. The molecule has 1 saturated heterocycles. The van der Waals surface area contributed by atoms with Gasteiger partial charge in [0.1, 0.15) is 18.3 Å². The van der Waals surface area contributed by atoms with Gasteiger partial charge in [-0.05, 0) is 55.4 Å². The number of benzene rings is 1. The highest BCUT2D eigenvalue weighted by molar-refractivity contribution is 5.99. The van der Waals surface area contributed by atoms with E-state index in [1.807, 2.05) is 54.3 Å². The summed E-state index contributed by atoms with van der Waals surface area (Å²) in [6, 6.07) is 12.5. The van der Waals surface area contributed by atoms with Gasteiger partial charge in [0.15, 0.2) is 5.65 Å². The average Bonchev–Trinajstić information content (AvgIpc) is 3.51. The molecule has 1 aromatic carbocycles. The summed E-state index contributed by atoms with van der Waals surface area (Å²) in [6.07, 6.45) is 5.66. The number of carbonyl (C=O) groups is 1. The van der Waals surface area contributed by atoms with Gasteiger partial charge in [-0.2, -0.15) is 5.26 Å². The number of imidazole rings is 1. The molecule has 0 spiro atoms. The number of nitrogens with two attached hydrogens (primary N) is 1. The van der Waals surface area contributed by atoms with Crippen LogP contribution in [0.3, 0.4) is 0 Å². The summed E-state index contributed by atoms with van der Waals surface area (Å²) in [5.41, 5.74) is 11.1. The second-order valence-corrected chi connectivity index (χ2v) is 11.9. The number of aromatic nitrogens is 5. The maximum atomic E-state index is 14.0. The zero-order valence-corrected chi connectivity index (χ0v) is 23.7. The Balaban J connectivity index is 1.39. The first-order chi connectivity index (χ1) is 19.7. The fraction of sp³-hybridized carbons (Fsp3) is 0.452. The number of piperidine rings is 1. The Labute approximate surface area is 238 Å². The van der Waals surface area contributed by atoms with E-state index < -0.39 is 12.1 Å². The summed E-state index contributed by atoms with van der Waals surface area (Å²) >= 11 is 0. The predicted octanol–water partition coefficient (Wildman–Crippen LogP) is 4.33. The van der Waals surface area contributed by atoms with Crippen molar-refractivity contribution in [2.24, 2.45) is 24.6 Å². The minimum Gasteiger partial charge on any atom is -0.365 e. The van der Waals surface area contributed by atoms with Crippen molar-refractivity contribution in [3.05, 3.63) is 71.1 Å². The summed E-state index contributed by atoms with van der Waals surface area (Å²) in [6.45, 7) is 5.91. The molecule has 10 heteroatoms. The second kappa shape index (κ2) is 10.4. The number of primary amides is 1. The highest BCUT2D eigenvalue weighted by Crippen LogP contribution is 2.53. The van der Waals surface area contributed by atoms with Crippen LogP contribution in [0.15, 0.2) is 42.9 Å². The van der Waals surface area contributed by atoms with Crippen molar-refractivity contribution < 1.29 is 9.18 Å². The molecule has 1 amide bonds. The summed E-state index contributed by atoms with van der Waals surface area (Å²) < 4.78 is 18.0. The molecule has 4 heterocycles. The minimum absolute atomic E-state index is 0.0207. The molecule has 2 atom stereocenters. The molecule has 1 aliphatic heterocycles. The van der Waals surface area contributed by atoms with E-state index >= 15 is 0 Å². The number of aryl methyl sites for hydroxylation is 2. The zero-order chi connectivity index (χ0) is 28.9. The topological polar surface area (TPSA) is 118 Å². The molecule has 4 aromatic rings. The number of alkyl halides is 1. The summed E-state index contributed by atoms with van der Waals surface area (Å²) in [4.78, 5) is 19.7. The van der Waals surface area contributed by atoms with Gasteiger partial charge in [-0.15, -0.1) is 10.2 Å². The van der Waals surface area contributed by atoms with E-state index in [4.69, 9.17) is 10.7 Å². The van der Waals surface area contributed by atoms with Crippen LogP contribution in [0.4, 0.5) is 4.39 Å². The van der Waals surface area contributed by atoms with Crippen molar-refractivity contribution in [2.45, 2.75) is 57.7 Å². The highest BCUT2D eigenvalue weighted by atomic mass is 19.1. The average molecular weight is 555 g/mol. The van der Waals surface area contributed by atoms with Crippen molar-refractivity contribution in [2.75, 3.05) is 13.1 Å².